The fourth-order valence-electron chi connectivity index (χ4n) is 4.24. The third-order valence-corrected chi connectivity index (χ3v) is 5.94. The van der Waals surface area contributed by atoms with Crippen molar-refractivity contribution in [1.82, 2.24) is 9.88 Å². The van der Waals surface area contributed by atoms with Crippen molar-refractivity contribution >= 4 is 17.7 Å². The number of fused-ring (bicyclic) bond motifs is 1. The molecule has 1 fully saturated rings. The Labute approximate surface area is 181 Å². The molecular formula is C25H23N3O3. The minimum atomic E-state index is -0.335. The quantitative estimate of drug-likeness (QED) is 0.615. The summed E-state index contributed by atoms with van der Waals surface area (Å²) in [4.78, 5) is 34.1. The highest BCUT2D eigenvalue weighted by Crippen LogP contribution is 2.31. The van der Waals surface area contributed by atoms with Crippen LogP contribution in [0.2, 0.25) is 0 Å². The summed E-state index contributed by atoms with van der Waals surface area (Å²) in [5.74, 6) is 0.602. The van der Waals surface area contributed by atoms with Crippen LogP contribution in [-0.2, 0) is 11.2 Å². The van der Waals surface area contributed by atoms with Gasteiger partial charge in [0.25, 0.3) is 5.91 Å². The van der Waals surface area contributed by atoms with E-state index >= 15 is 0 Å². The smallest absolute Gasteiger partial charge is 0.339 e. The van der Waals surface area contributed by atoms with E-state index in [9.17, 15) is 9.59 Å². The number of nitrogens with zero attached hydrogens (tertiary/aromatic N) is 3. The average molecular weight is 413 g/mol. The maximum atomic E-state index is 13.1. The number of aromatic nitrogens is 1. The number of ether oxygens (including phenoxy) is 1. The number of hydrogen-bond donors (Lipinski definition) is 0. The molecule has 1 amide bonds. The Morgan fingerprint density at radius 1 is 0.935 bits per heavy atom. The molecule has 1 aromatic heterocycles. The second-order valence-corrected chi connectivity index (χ2v) is 7.85. The molecule has 0 saturated carbocycles. The second-order valence-electron chi connectivity index (χ2n) is 7.85. The monoisotopic (exact) mass is 413 g/mol. The highest BCUT2D eigenvalue weighted by molar-refractivity contribution is 5.98. The van der Waals surface area contributed by atoms with Gasteiger partial charge in [0.15, 0.2) is 0 Å². The Bertz CT molecular complexity index is 1090. The molecule has 31 heavy (non-hydrogen) atoms. The first-order chi connectivity index (χ1) is 15.2. The zero-order valence-electron chi connectivity index (χ0n) is 17.1. The van der Waals surface area contributed by atoms with Crippen molar-refractivity contribution < 1.29 is 14.3 Å². The molecule has 1 atom stereocenters. The first-order valence-electron chi connectivity index (χ1n) is 10.5. The Hall–Kier alpha value is -3.67. The van der Waals surface area contributed by atoms with E-state index in [-0.39, 0.29) is 18.0 Å². The van der Waals surface area contributed by atoms with Crippen LogP contribution in [0.1, 0.15) is 37.9 Å². The van der Waals surface area contributed by atoms with Crippen LogP contribution in [0.15, 0.2) is 72.9 Å². The lowest BCUT2D eigenvalue weighted by molar-refractivity contribution is 0.0252. The Kier molecular flexibility index (Phi) is 5.12. The van der Waals surface area contributed by atoms with Crippen molar-refractivity contribution in [2.45, 2.75) is 12.5 Å². The summed E-state index contributed by atoms with van der Waals surface area (Å²) in [6.45, 7) is 2.77. The highest BCUT2D eigenvalue weighted by Gasteiger charge is 2.29. The van der Waals surface area contributed by atoms with Crippen LogP contribution in [0.4, 0.5) is 5.82 Å². The van der Waals surface area contributed by atoms with Crippen molar-refractivity contribution in [1.29, 1.82) is 0 Å². The van der Waals surface area contributed by atoms with E-state index in [1.54, 1.807) is 18.3 Å². The molecule has 156 valence electrons. The number of pyridine rings is 1. The van der Waals surface area contributed by atoms with Crippen molar-refractivity contribution in [3.8, 4) is 0 Å². The molecule has 2 aliphatic heterocycles. The third kappa shape index (κ3) is 3.89. The van der Waals surface area contributed by atoms with Gasteiger partial charge in [0, 0.05) is 44.4 Å². The average Bonchev–Trinajstić information content (AvgIpc) is 2.84. The lowest BCUT2D eigenvalue weighted by Crippen LogP contribution is -2.49. The summed E-state index contributed by atoms with van der Waals surface area (Å²) < 4.78 is 5.62. The van der Waals surface area contributed by atoms with Gasteiger partial charge in [-0.3, -0.25) is 4.79 Å². The molecule has 0 spiro atoms. The van der Waals surface area contributed by atoms with E-state index in [4.69, 9.17) is 4.74 Å². The molecule has 5 rings (SSSR count). The fourth-order valence-corrected chi connectivity index (χ4v) is 4.24. The zero-order valence-corrected chi connectivity index (χ0v) is 17.1. The van der Waals surface area contributed by atoms with Gasteiger partial charge in [-0.2, -0.15) is 0 Å². The Morgan fingerprint density at radius 2 is 1.71 bits per heavy atom. The molecule has 0 N–H and O–H groups in total. The fraction of sp³-hybridized carbons (Fsp3) is 0.240. The van der Waals surface area contributed by atoms with Crippen molar-refractivity contribution in [2.24, 2.45) is 0 Å². The van der Waals surface area contributed by atoms with E-state index in [2.05, 4.69) is 9.88 Å². The topological polar surface area (TPSA) is 62.7 Å². The van der Waals surface area contributed by atoms with Crippen molar-refractivity contribution in [2.75, 3.05) is 31.1 Å². The molecule has 6 nitrogen and oxygen atoms in total. The molecule has 0 aliphatic carbocycles. The van der Waals surface area contributed by atoms with Crippen LogP contribution in [0.5, 0.6) is 0 Å². The lowest BCUT2D eigenvalue weighted by atomic mass is 9.93. The van der Waals surface area contributed by atoms with E-state index in [1.807, 2.05) is 59.5 Å². The maximum Gasteiger partial charge on any atom is 0.339 e. The lowest BCUT2D eigenvalue weighted by Gasteiger charge is -2.35. The predicted octanol–water partition coefficient (Wildman–Crippen LogP) is 3.50. The molecule has 1 saturated heterocycles. The van der Waals surface area contributed by atoms with E-state index in [1.165, 1.54) is 0 Å². The van der Waals surface area contributed by atoms with Crippen LogP contribution in [0, 0.1) is 0 Å². The molecule has 3 heterocycles. The van der Waals surface area contributed by atoms with Gasteiger partial charge < -0.3 is 14.5 Å². The maximum absolute atomic E-state index is 13.1. The Balaban J connectivity index is 1.31. The van der Waals surface area contributed by atoms with Crippen LogP contribution < -0.4 is 4.90 Å². The third-order valence-electron chi connectivity index (χ3n) is 5.94. The van der Waals surface area contributed by atoms with E-state index in [0.29, 0.717) is 30.6 Å². The summed E-state index contributed by atoms with van der Waals surface area (Å²) in [7, 11) is 0. The summed E-state index contributed by atoms with van der Waals surface area (Å²) in [5.41, 5.74) is 2.99. The Morgan fingerprint density at radius 3 is 2.45 bits per heavy atom. The number of anilines is 1. The molecule has 3 aromatic rings. The number of cyclic esters (lactones) is 1. The number of esters is 1. The molecule has 0 radical (unpaired) electrons. The van der Waals surface area contributed by atoms with Gasteiger partial charge in [-0.1, -0.05) is 36.4 Å². The van der Waals surface area contributed by atoms with Gasteiger partial charge in [0.2, 0.25) is 0 Å². The summed E-state index contributed by atoms with van der Waals surface area (Å²) in [6.07, 6.45) is 2.03. The summed E-state index contributed by atoms with van der Waals surface area (Å²) >= 11 is 0. The number of benzene rings is 2. The number of hydrogen-bond acceptors (Lipinski definition) is 5. The van der Waals surface area contributed by atoms with Crippen molar-refractivity contribution in [3.63, 3.8) is 0 Å². The van der Waals surface area contributed by atoms with Crippen LogP contribution in [0.3, 0.4) is 0 Å². The number of rotatable bonds is 3. The van der Waals surface area contributed by atoms with Gasteiger partial charge in [-0.15, -0.1) is 0 Å². The predicted molar refractivity (Wildman–Crippen MR) is 117 cm³/mol. The van der Waals surface area contributed by atoms with E-state index < -0.39 is 0 Å². The zero-order chi connectivity index (χ0) is 21.2. The van der Waals surface area contributed by atoms with Gasteiger partial charge in [0.1, 0.15) is 11.9 Å². The van der Waals surface area contributed by atoms with Gasteiger partial charge >= 0.3 is 5.97 Å². The molecule has 2 aliphatic rings. The first-order valence-corrected chi connectivity index (χ1v) is 10.5. The largest absolute Gasteiger partial charge is 0.454 e. The standard InChI is InChI=1S/C25H23N3O3/c29-24(28-14-12-27(13-15-28)23-8-4-5-11-26-23)19-9-10-21-20(16-19)17-22(31-25(21)30)18-6-2-1-3-7-18/h1-11,16,22H,12-15,17H2. The normalized spacial score (nSPS) is 18.3. The molecule has 2 aromatic carbocycles. The van der Waals surface area contributed by atoms with Gasteiger partial charge in [-0.05, 0) is 41.5 Å². The number of piperazine rings is 1. The molecule has 6 heteroatoms. The molecular weight excluding hydrogens is 390 g/mol. The summed E-state index contributed by atoms with van der Waals surface area (Å²) in [5, 5.41) is 0. The van der Waals surface area contributed by atoms with Gasteiger partial charge in [-0.25, -0.2) is 9.78 Å². The SMILES string of the molecule is O=C1OC(c2ccccc2)Cc2cc(C(=O)N3CCN(c4ccccn4)CC3)ccc21. The van der Waals surface area contributed by atoms with Crippen molar-refractivity contribution in [3.05, 3.63) is 95.2 Å². The van der Waals surface area contributed by atoms with Gasteiger partial charge in [0.05, 0.1) is 5.56 Å². The summed E-state index contributed by atoms with van der Waals surface area (Å²) in [6, 6.07) is 20.9. The molecule has 1 unspecified atom stereocenters. The van der Waals surface area contributed by atoms with Crippen LogP contribution in [-0.4, -0.2) is 47.9 Å². The second kappa shape index (κ2) is 8.22. The van der Waals surface area contributed by atoms with Crippen LogP contribution >= 0.6 is 0 Å². The number of carbonyl (C=O) groups excluding carboxylic acids is 2. The number of amides is 1. The highest BCUT2D eigenvalue weighted by atomic mass is 16.5. The van der Waals surface area contributed by atoms with Crippen LogP contribution in [0.25, 0.3) is 0 Å². The molecule has 0 bridgehead atoms. The van der Waals surface area contributed by atoms with E-state index in [0.717, 1.165) is 30.0 Å². The minimum absolute atomic E-state index is 0.00123. The minimum Gasteiger partial charge on any atom is -0.454 e. The number of carbonyl (C=O) groups is 2. The first kappa shape index (κ1) is 19.3.